The first kappa shape index (κ1) is 16.0. The number of rotatable bonds is 6. The molecule has 2 aromatic carbocycles. The Morgan fingerprint density at radius 1 is 1.14 bits per heavy atom. The van der Waals surface area contributed by atoms with Crippen molar-refractivity contribution in [3.05, 3.63) is 59.1 Å². The SMILES string of the molecule is CC(=O)c1cccc(NC(=O)CCOc2ccc(Cl)cc2)c1. The van der Waals surface area contributed by atoms with Crippen molar-refractivity contribution >= 4 is 29.0 Å². The molecule has 0 unspecified atom stereocenters. The monoisotopic (exact) mass is 317 g/mol. The summed E-state index contributed by atoms with van der Waals surface area (Å²) in [7, 11) is 0. The fourth-order valence-electron chi connectivity index (χ4n) is 1.83. The van der Waals surface area contributed by atoms with Crippen LogP contribution in [0, 0.1) is 0 Å². The number of carbonyl (C=O) groups is 2. The van der Waals surface area contributed by atoms with Gasteiger partial charge in [0.05, 0.1) is 13.0 Å². The van der Waals surface area contributed by atoms with Gasteiger partial charge in [-0.1, -0.05) is 23.7 Å². The maximum Gasteiger partial charge on any atom is 0.227 e. The Hall–Kier alpha value is -2.33. The first-order valence-corrected chi connectivity index (χ1v) is 7.21. The van der Waals surface area contributed by atoms with E-state index in [9.17, 15) is 9.59 Å². The maximum atomic E-state index is 11.8. The maximum absolute atomic E-state index is 11.8. The number of amides is 1. The molecule has 0 saturated carbocycles. The van der Waals surface area contributed by atoms with E-state index in [0.29, 0.717) is 22.0 Å². The predicted molar refractivity (Wildman–Crippen MR) is 86.6 cm³/mol. The van der Waals surface area contributed by atoms with Crippen LogP contribution in [0.1, 0.15) is 23.7 Å². The molecule has 0 fully saturated rings. The molecular formula is C17H16ClNO3. The van der Waals surface area contributed by atoms with Crippen LogP contribution in [0.15, 0.2) is 48.5 Å². The molecule has 0 spiro atoms. The molecule has 0 saturated heterocycles. The minimum Gasteiger partial charge on any atom is -0.493 e. The minimum absolute atomic E-state index is 0.0397. The highest BCUT2D eigenvalue weighted by molar-refractivity contribution is 6.30. The van der Waals surface area contributed by atoms with E-state index in [1.807, 2.05) is 0 Å². The van der Waals surface area contributed by atoms with Gasteiger partial charge < -0.3 is 10.1 Å². The second-order valence-electron chi connectivity index (χ2n) is 4.74. The van der Waals surface area contributed by atoms with E-state index < -0.39 is 0 Å². The van der Waals surface area contributed by atoms with E-state index in [-0.39, 0.29) is 24.7 Å². The van der Waals surface area contributed by atoms with E-state index in [0.717, 1.165) is 0 Å². The smallest absolute Gasteiger partial charge is 0.227 e. The molecule has 22 heavy (non-hydrogen) atoms. The lowest BCUT2D eigenvalue weighted by Gasteiger charge is -2.08. The number of nitrogens with one attached hydrogen (secondary N) is 1. The van der Waals surface area contributed by atoms with Crippen molar-refractivity contribution in [2.75, 3.05) is 11.9 Å². The van der Waals surface area contributed by atoms with Crippen LogP contribution in [0.25, 0.3) is 0 Å². The Morgan fingerprint density at radius 2 is 1.86 bits per heavy atom. The van der Waals surface area contributed by atoms with Crippen LogP contribution in [0.2, 0.25) is 5.02 Å². The summed E-state index contributed by atoms with van der Waals surface area (Å²) in [5.41, 5.74) is 1.17. The number of hydrogen-bond donors (Lipinski definition) is 1. The number of halogens is 1. The van der Waals surface area contributed by atoms with Gasteiger partial charge in [0.2, 0.25) is 5.91 Å². The van der Waals surface area contributed by atoms with Crippen molar-refractivity contribution in [2.45, 2.75) is 13.3 Å². The lowest BCUT2D eigenvalue weighted by atomic mass is 10.1. The average Bonchev–Trinajstić information content (AvgIpc) is 2.49. The van der Waals surface area contributed by atoms with E-state index in [1.165, 1.54) is 6.92 Å². The van der Waals surface area contributed by atoms with Crippen LogP contribution in [0.5, 0.6) is 5.75 Å². The molecule has 4 nitrogen and oxygen atoms in total. The molecule has 0 bridgehead atoms. The van der Waals surface area contributed by atoms with Gasteiger partial charge in [-0.15, -0.1) is 0 Å². The van der Waals surface area contributed by atoms with Crippen molar-refractivity contribution < 1.29 is 14.3 Å². The molecule has 1 amide bonds. The van der Waals surface area contributed by atoms with Gasteiger partial charge in [0, 0.05) is 16.3 Å². The third-order valence-corrected chi connectivity index (χ3v) is 3.22. The number of benzene rings is 2. The van der Waals surface area contributed by atoms with E-state index >= 15 is 0 Å². The molecule has 0 heterocycles. The second kappa shape index (κ2) is 7.61. The first-order valence-electron chi connectivity index (χ1n) is 6.84. The molecule has 0 aromatic heterocycles. The molecule has 0 atom stereocenters. The van der Waals surface area contributed by atoms with Crippen LogP contribution in [0.4, 0.5) is 5.69 Å². The summed E-state index contributed by atoms with van der Waals surface area (Å²) in [6.45, 7) is 1.75. The van der Waals surface area contributed by atoms with E-state index in [4.69, 9.17) is 16.3 Å². The molecule has 0 aliphatic carbocycles. The lowest BCUT2D eigenvalue weighted by molar-refractivity contribution is -0.116. The Kier molecular flexibility index (Phi) is 5.55. The van der Waals surface area contributed by atoms with Gasteiger partial charge in [0.15, 0.2) is 5.78 Å². The van der Waals surface area contributed by atoms with Gasteiger partial charge in [-0.25, -0.2) is 0 Å². The van der Waals surface area contributed by atoms with Gasteiger partial charge in [0.1, 0.15) is 5.75 Å². The van der Waals surface area contributed by atoms with Crippen LogP contribution >= 0.6 is 11.6 Å². The summed E-state index contributed by atoms with van der Waals surface area (Å²) >= 11 is 5.78. The van der Waals surface area contributed by atoms with Crippen molar-refractivity contribution in [3.63, 3.8) is 0 Å². The predicted octanol–water partition coefficient (Wildman–Crippen LogP) is 3.95. The number of ketones is 1. The van der Waals surface area contributed by atoms with E-state index in [2.05, 4.69) is 5.32 Å². The summed E-state index contributed by atoms with van der Waals surface area (Å²) in [4.78, 5) is 23.1. The largest absolute Gasteiger partial charge is 0.493 e. The Bertz CT molecular complexity index is 668. The molecule has 0 aliphatic heterocycles. The highest BCUT2D eigenvalue weighted by Crippen LogP contribution is 2.16. The molecule has 114 valence electrons. The Morgan fingerprint density at radius 3 is 2.55 bits per heavy atom. The molecule has 0 aliphatic rings. The topological polar surface area (TPSA) is 55.4 Å². The number of anilines is 1. The summed E-state index contributed by atoms with van der Waals surface area (Å²) in [6, 6.07) is 13.8. The third-order valence-electron chi connectivity index (χ3n) is 2.96. The number of Topliss-reactive ketones (excluding diaryl/α,β-unsaturated/α-hetero) is 1. The fraction of sp³-hybridized carbons (Fsp3) is 0.176. The van der Waals surface area contributed by atoms with Crippen LogP contribution in [-0.2, 0) is 4.79 Å². The quantitative estimate of drug-likeness (QED) is 0.821. The van der Waals surface area contributed by atoms with Crippen molar-refractivity contribution in [2.24, 2.45) is 0 Å². The van der Waals surface area contributed by atoms with Gasteiger partial charge in [-0.05, 0) is 43.3 Å². The zero-order chi connectivity index (χ0) is 15.9. The summed E-state index contributed by atoms with van der Waals surface area (Å²) < 4.78 is 5.46. The minimum atomic E-state index is -0.172. The molecule has 0 radical (unpaired) electrons. The average molecular weight is 318 g/mol. The summed E-state index contributed by atoms with van der Waals surface area (Å²) in [5.74, 6) is 0.451. The normalized spacial score (nSPS) is 10.1. The molecule has 5 heteroatoms. The highest BCUT2D eigenvalue weighted by atomic mass is 35.5. The zero-order valence-electron chi connectivity index (χ0n) is 12.1. The molecule has 2 aromatic rings. The zero-order valence-corrected chi connectivity index (χ0v) is 12.9. The summed E-state index contributed by atoms with van der Waals surface area (Å²) in [5, 5.41) is 3.37. The molecule has 2 rings (SSSR count). The Balaban J connectivity index is 1.81. The number of ether oxygens (including phenoxy) is 1. The van der Waals surface area contributed by atoms with Crippen molar-refractivity contribution in [3.8, 4) is 5.75 Å². The Labute approximate surface area is 134 Å². The number of hydrogen-bond acceptors (Lipinski definition) is 3. The first-order chi connectivity index (χ1) is 10.5. The van der Waals surface area contributed by atoms with Crippen molar-refractivity contribution in [1.29, 1.82) is 0 Å². The van der Waals surface area contributed by atoms with Crippen LogP contribution < -0.4 is 10.1 Å². The van der Waals surface area contributed by atoms with Gasteiger partial charge >= 0.3 is 0 Å². The van der Waals surface area contributed by atoms with Crippen LogP contribution in [0.3, 0.4) is 0 Å². The summed E-state index contributed by atoms with van der Waals surface area (Å²) in [6.07, 6.45) is 0.215. The fourth-order valence-corrected chi connectivity index (χ4v) is 1.96. The van der Waals surface area contributed by atoms with Gasteiger partial charge in [0.25, 0.3) is 0 Å². The van der Waals surface area contributed by atoms with Crippen molar-refractivity contribution in [1.82, 2.24) is 0 Å². The number of carbonyl (C=O) groups excluding carboxylic acids is 2. The molecular weight excluding hydrogens is 302 g/mol. The third kappa shape index (κ3) is 4.90. The molecule has 1 N–H and O–H groups in total. The van der Waals surface area contributed by atoms with Crippen LogP contribution in [-0.4, -0.2) is 18.3 Å². The highest BCUT2D eigenvalue weighted by Gasteiger charge is 2.05. The van der Waals surface area contributed by atoms with Gasteiger partial charge in [-0.3, -0.25) is 9.59 Å². The second-order valence-corrected chi connectivity index (χ2v) is 5.17. The van der Waals surface area contributed by atoms with Gasteiger partial charge in [-0.2, -0.15) is 0 Å². The van der Waals surface area contributed by atoms with E-state index in [1.54, 1.807) is 48.5 Å². The lowest BCUT2D eigenvalue weighted by Crippen LogP contribution is -2.15. The standard InChI is InChI=1S/C17H16ClNO3/c1-12(20)13-3-2-4-15(11-13)19-17(21)9-10-22-16-7-5-14(18)6-8-16/h2-8,11H,9-10H2,1H3,(H,19,21).